The number of fused-ring (bicyclic) bond motifs is 2. The molecule has 1 aliphatic heterocycles. The van der Waals surface area contributed by atoms with Gasteiger partial charge in [0.25, 0.3) is 0 Å². The van der Waals surface area contributed by atoms with Crippen LogP contribution in [0.5, 0.6) is 23.0 Å². The van der Waals surface area contributed by atoms with E-state index >= 15 is 0 Å². The van der Waals surface area contributed by atoms with Crippen molar-refractivity contribution in [1.82, 2.24) is 4.98 Å². The second kappa shape index (κ2) is 9.32. The number of aromatic nitrogens is 1. The van der Waals surface area contributed by atoms with E-state index in [2.05, 4.69) is 4.98 Å². The summed E-state index contributed by atoms with van der Waals surface area (Å²) in [4.78, 5) is 29.5. The largest absolute Gasteiger partial charge is 0.503 e. The molecule has 2 heterocycles. The summed E-state index contributed by atoms with van der Waals surface area (Å²) in [5.74, 6) is -0.632. The minimum atomic E-state index is -0.724. The molecule has 0 saturated carbocycles. The molecular weight excluding hydrogens is 422 g/mol. The number of esters is 1. The number of aromatic hydroxyl groups is 1. The highest BCUT2D eigenvalue weighted by atomic mass is 16.5. The molecule has 0 spiro atoms. The molecule has 0 fully saturated rings. The third kappa shape index (κ3) is 4.39. The maximum Gasteiger partial charge on any atom is 0.309 e. The Labute approximate surface area is 192 Å². The minimum Gasteiger partial charge on any atom is -0.503 e. The molecule has 33 heavy (non-hydrogen) atoms. The Hall–Kier alpha value is -3.87. The number of rotatable bonds is 7. The molecule has 0 radical (unpaired) electrons. The molecular formula is C26H25NO6. The third-order valence-electron chi connectivity index (χ3n) is 5.76. The zero-order valence-electron chi connectivity index (χ0n) is 18.6. The predicted molar refractivity (Wildman–Crippen MR) is 121 cm³/mol. The molecule has 170 valence electrons. The molecule has 1 N–H and O–H groups in total. The van der Waals surface area contributed by atoms with Gasteiger partial charge in [-0.15, -0.1) is 0 Å². The van der Waals surface area contributed by atoms with Gasteiger partial charge in [0.1, 0.15) is 17.6 Å². The van der Waals surface area contributed by atoms with Crippen molar-refractivity contribution in [2.45, 2.75) is 32.3 Å². The average Bonchev–Trinajstić information content (AvgIpc) is 2.82. The fourth-order valence-electron chi connectivity index (χ4n) is 4.08. The van der Waals surface area contributed by atoms with E-state index in [0.29, 0.717) is 0 Å². The topological polar surface area (TPSA) is 95.0 Å². The van der Waals surface area contributed by atoms with Crippen molar-refractivity contribution in [3.63, 3.8) is 0 Å². The van der Waals surface area contributed by atoms with Crippen LogP contribution >= 0.6 is 0 Å². The smallest absolute Gasteiger partial charge is 0.309 e. The first-order valence-corrected chi connectivity index (χ1v) is 10.7. The number of Topliss-reactive ketones (excluding diaryl/α,β-unsaturated/α-hetero) is 1. The Morgan fingerprint density at radius 3 is 2.24 bits per heavy atom. The van der Waals surface area contributed by atoms with Crippen molar-refractivity contribution in [3.05, 3.63) is 77.6 Å². The zero-order valence-corrected chi connectivity index (χ0v) is 18.6. The number of benzene rings is 2. The van der Waals surface area contributed by atoms with Crippen LogP contribution in [0.4, 0.5) is 0 Å². The molecule has 1 unspecified atom stereocenters. The lowest BCUT2D eigenvalue weighted by atomic mass is 9.84. The van der Waals surface area contributed by atoms with Crippen LogP contribution in [0, 0.1) is 5.92 Å². The van der Waals surface area contributed by atoms with Gasteiger partial charge in [-0.3, -0.25) is 9.59 Å². The van der Waals surface area contributed by atoms with Crippen LogP contribution in [0.3, 0.4) is 0 Å². The fourth-order valence-corrected chi connectivity index (χ4v) is 4.08. The van der Waals surface area contributed by atoms with Crippen molar-refractivity contribution in [2.24, 2.45) is 5.92 Å². The van der Waals surface area contributed by atoms with E-state index in [9.17, 15) is 14.7 Å². The number of pyridine rings is 1. The average molecular weight is 447 g/mol. The Morgan fingerprint density at radius 2 is 1.64 bits per heavy atom. The molecule has 0 saturated heterocycles. The van der Waals surface area contributed by atoms with E-state index in [0.717, 1.165) is 22.6 Å². The molecule has 0 aliphatic carbocycles. The molecule has 7 heteroatoms. The molecule has 0 bridgehead atoms. The summed E-state index contributed by atoms with van der Waals surface area (Å²) >= 11 is 0. The standard InChI is InChI=1S/C26H25NO6/c1-15(14-19(28)24-25(29)22(31-3)12-13-27-24)26(30)32-16(2)23-17-8-4-6-10-20(17)33-21-11-7-5-9-18(21)23/h4-13,15-16,23,29H,14H2,1-3H3/t15-,16?/m1/s1. The number of para-hydroxylation sites is 2. The van der Waals surface area contributed by atoms with Crippen LogP contribution in [-0.2, 0) is 9.53 Å². The van der Waals surface area contributed by atoms with Gasteiger partial charge in [0.05, 0.1) is 18.9 Å². The summed E-state index contributed by atoms with van der Waals surface area (Å²) in [6, 6.07) is 16.8. The summed E-state index contributed by atoms with van der Waals surface area (Å²) < 4.78 is 16.9. The van der Waals surface area contributed by atoms with Gasteiger partial charge in [-0.25, -0.2) is 4.98 Å². The van der Waals surface area contributed by atoms with Crippen molar-refractivity contribution in [3.8, 4) is 23.0 Å². The summed E-state index contributed by atoms with van der Waals surface area (Å²) in [5, 5.41) is 10.2. The predicted octanol–water partition coefficient (Wildman–Crippen LogP) is 4.87. The monoisotopic (exact) mass is 447 g/mol. The quantitative estimate of drug-likeness (QED) is 0.408. The first kappa shape index (κ1) is 22.3. The van der Waals surface area contributed by atoms with Crippen molar-refractivity contribution in [1.29, 1.82) is 0 Å². The van der Waals surface area contributed by atoms with E-state index in [1.165, 1.54) is 19.4 Å². The van der Waals surface area contributed by atoms with E-state index in [4.69, 9.17) is 14.2 Å². The number of hydrogen-bond acceptors (Lipinski definition) is 7. The first-order valence-electron chi connectivity index (χ1n) is 10.7. The maximum absolute atomic E-state index is 12.9. The second-order valence-corrected chi connectivity index (χ2v) is 8.04. The molecule has 4 rings (SSSR count). The number of ketones is 1. The maximum atomic E-state index is 12.9. The van der Waals surface area contributed by atoms with Gasteiger partial charge in [0.15, 0.2) is 23.0 Å². The van der Waals surface area contributed by atoms with E-state index in [1.807, 2.05) is 55.5 Å². The van der Waals surface area contributed by atoms with Crippen LogP contribution in [0.15, 0.2) is 60.8 Å². The molecule has 1 aliphatic rings. The number of hydrogen-bond donors (Lipinski definition) is 1. The SMILES string of the molecule is COc1ccnc(C(=O)C[C@@H](C)C(=O)OC(C)C2c3ccccc3Oc3ccccc32)c1O. The van der Waals surface area contributed by atoms with Gasteiger partial charge in [0, 0.05) is 29.8 Å². The lowest BCUT2D eigenvalue weighted by Crippen LogP contribution is -2.29. The molecule has 3 aromatic rings. The molecule has 0 amide bonds. The van der Waals surface area contributed by atoms with Crippen molar-refractivity contribution < 1.29 is 28.9 Å². The molecule has 7 nitrogen and oxygen atoms in total. The van der Waals surface area contributed by atoms with Crippen molar-refractivity contribution in [2.75, 3.05) is 7.11 Å². The number of methoxy groups -OCH3 is 1. The summed E-state index contributed by atoms with van der Waals surface area (Å²) in [6.45, 7) is 3.46. The molecule has 2 atom stereocenters. The summed E-state index contributed by atoms with van der Waals surface area (Å²) in [7, 11) is 1.39. The van der Waals surface area contributed by atoms with E-state index in [1.54, 1.807) is 6.92 Å². The fraction of sp³-hybridized carbons (Fsp3) is 0.269. The lowest BCUT2D eigenvalue weighted by Gasteiger charge is -2.32. The highest BCUT2D eigenvalue weighted by molar-refractivity contribution is 5.99. The van der Waals surface area contributed by atoms with E-state index in [-0.39, 0.29) is 29.5 Å². The van der Waals surface area contributed by atoms with Crippen molar-refractivity contribution >= 4 is 11.8 Å². The second-order valence-electron chi connectivity index (χ2n) is 8.04. The zero-order chi connectivity index (χ0) is 23.5. The number of ether oxygens (including phenoxy) is 3. The summed E-state index contributed by atoms with van der Waals surface area (Å²) in [5.41, 5.74) is 1.74. The molecule has 1 aromatic heterocycles. The Morgan fingerprint density at radius 1 is 1.03 bits per heavy atom. The normalized spacial score (nSPS) is 14.3. The van der Waals surface area contributed by atoms with E-state index < -0.39 is 23.8 Å². The summed E-state index contributed by atoms with van der Waals surface area (Å²) in [6.07, 6.45) is 0.724. The Balaban J connectivity index is 1.50. The highest BCUT2D eigenvalue weighted by Crippen LogP contribution is 2.46. The number of carbonyl (C=O) groups excluding carboxylic acids is 2. The van der Waals surface area contributed by atoms with Gasteiger partial charge in [-0.05, 0) is 19.1 Å². The third-order valence-corrected chi connectivity index (χ3v) is 5.76. The van der Waals surface area contributed by atoms with Crippen LogP contribution in [0.2, 0.25) is 0 Å². The highest BCUT2D eigenvalue weighted by Gasteiger charge is 2.34. The van der Waals surface area contributed by atoms with Gasteiger partial charge >= 0.3 is 5.97 Å². The lowest BCUT2D eigenvalue weighted by molar-refractivity contribution is -0.153. The van der Waals surface area contributed by atoms with Gasteiger partial charge in [0.2, 0.25) is 0 Å². The van der Waals surface area contributed by atoms with Gasteiger partial charge in [-0.2, -0.15) is 0 Å². The number of nitrogens with zero attached hydrogens (tertiary/aromatic N) is 1. The van der Waals surface area contributed by atoms with Crippen LogP contribution in [-0.4, -0.2) is 35.1 Å². The van der Waals surface area contributed by atoms with Crippen LogP contribution < -0.4 is 9.47 Å². The number of carbonyl (C=O) groups is 2. The first-order chi connectivity index (χ1) is 15.9. The Bertz CT molecular complexity index is 1150. The molecule has 2 aromatic carbocycles. The minimum absolute atomic E-state index is 0.130. The van der Waals surface area contributed by atoms with Crippen LogP contribution in [0.1, 0.15) is 47.8 Å². The van der Waals surface area contributed by atoms with Gasteiger partial charge in [-0.1, -0.05) is 43.3 Å². The van der Waals surface area contributed by atoms with Crippen LogP contribution in [0.25, 0.3) is 0 Å². The Kier molecular flexibility index (Phi) is 6.31. The van der Waals surface area contributed by atoms with Gasteiger partial charge < -0.3 is 19.3 Å².